The molecule has 7 nitrogen and oxygen atoms in total. The Hall–Kier alpha value is -2.87. The molecule has 138 valence electrons. The zero-order valence-electron chi connectivity index (χ0n) is 14.0. The molecule has 1 amide bonds. The fourth-order valence-corrected chi connectivity index (χ4v) is 3.16. The second kappa shape index (κ2) is 9.00. The molecule has 0 aliphatic heterocycles. The quantitative estimate of drug-likeness (QED) is 0.431. The van der Waals surface area contributed by atoms with Crippen LogP contribution in [0.5, 0.6) is 17.2 Å². The number of phenols is 3. The minimum atomic E-state index is -0.903. The lowest BCUT2D eigenvalue weighted by atomic mass is 10.1. The molecule has 0 spiro atoms. The van der Waals surface area contributed by atoms with Crippen LogP contribution in [0.2, 0.25) is 0 Å². The van der Waals surface area contributed by atoms with E-state index in [1.807, 2.05) is 30.3 Å². The molecule has 0 fully saturated rings. The number of benzene rings is 2. The number of amides is 1. The highest BCUT2D eigenvalue weighted by Gasteiger charge is 2.23. The van der Waals surface area contributed by atoms with E-state index in [-0.39, 0.29) is 11.3 Å². The molecule has 0 aromatic heterocycles. The van der Waals surface area contributed by atoms with Crippen molar-refractivity contribution in [1.29, 1.82) is 0 Å². The standard InChI is InChI=1S/C18H19NO6S/c1-25-18(24)13(10-26-9-11-5-3-2-4-6-11)19-17(23)12-7-14(20)16(22)15(21)8-12/h2-8,13,20-22H,9-10H2,1H3,(H,19,23)/t13-/m0/s1. The van der Waals surface area contributed by atoms with Crippen LogP contribution >= 0.6 is 11.8 Å². The first-order valence-corrected chi connectivity index (χ1v) is 8.83. The number of rotatable bonds is 7. The predicted octanol–water partition coefficient (Wildman–Crippen LogP) is 2.01. The van der Waals surface area contributed by atoms with Gasteiger partial charge in [-0.15, -0.1) is 0 Å². The zero-order valence-corrected chi connectivity index (χ0v) is 14.8. The van der Waals surface area contributed by atoms with Gasteiger partial charge in [0.2, 0.25) is 0 Å². The summed E-state index contributed by atoms with van der Waals surface area (Å²) in [6, 6.07) is 10.7. The fourth-order valence-electron chi connectivity index (χ4n) is 2.16. The smallest absolute Gasteiger partial charge is 0.329 e. The van der Waals surface area contributed by atoms with Crippen LogP contribution in [0.4, 0.5) is 0 Å². The largest absolute Gasteiger partial charge is 0.504 e. The minimum absolute atomic E-state index is 0.0974. The number of esters is 1. The fraction of sp³-hybridized carbons (Fsp3) is 0.222. The van der Waals surface area contributed by atoms with E-state index in [0.29, 0.717) is 5.75 Å². The van der Waals surface area contributed by atoms with Crippen molar-refractivity contribution in [2.24, 2.45) is 0 Å². The molecule has 0 aliphatic rings. The number of nitrogens with one attached hydrogen (secondary N) is 1. The Labute approximate surface area is 154 Å². The molecule has 8 heteroatoms. The number of carbonyl (C=O) groups is 2. The van der Waals surface area contributed by atoms with Gasteiger partial charge in [0.05, 0.1) is 7.11 Å². The second-order valence-electron chi connectivity index (χ2n) is 5.41. The Bertz CT molecular complexity index is 758. The molecule has 1 atom stereocenters. The highest BCUT2D eigenvalue weighted by atomic mass is 32.2. The Kier molecular flexibility index (Phi) is 6.74. The van der Waals surface area contributed by atoms with Crippen molar-refractivity contribution in [2.45, 2.75) is 11.8 Å². The van der Waals surface area contributed by atoms with E-state index in [0.717, 1.165) is 17.7 Å². The molecule has 0 saturated heterocycles. The van der Waals surface area contributed by atoms with E-state index in [1.165, 1.54) is 18.9 Å². The van der Waals surface area contributed by atoms with Gasteiger partial charge in [-0.1, -0.05) is 30.3 Å². The summed E-state index contributed by atoms with van der Waals surface area (Å²) in [6.45, 7) is 0. The van der Waals surface area contributed by atoms with Crippen molar-refractivity contribution >= 4 is 23.6 Å². The normalized spacial score (nSPS) is 11.6. The van der Waals surface area contributed by atoms with Crippen LogP contribution in [0.25, 0.3) is 0 Å². The Morgan fingerprint density at radius 1 is 1.12 bits per heavy atom. The molecule has 0 heterocycles. The summed E-state index contributed by atoms with van der Waals surface area (Å²) in [6.07, 6.45) is 0. The molecule has 0 saturated carbocycles. The lowest BCUT2D eigenvalue weighted by Gasteiger charge is -2.16. The molecule has 26 heavy (non-hydrogen) atoms. The van der Waals surface area contributed by atoms with Gasteiger partial charge < -0.3 is 25.4 Å². The summed E-state index contributed by atoms with van der Waals surface area (Å²) in [7, 11) is 1.22. The number of thioether (sulfide) groups is 1. The molecule has 2 aromatic rings. The summed E-state index contributed by atoms with van der Waals surface area (Å²) in [5, 5.41) is 30.8. The molecule has 2 aromatic carbocycles. The lowest BCUT2D eigenvalue weighted by Crippen LogP contribution is -2.43. The van der Waals surface area contributed by atoms with Crippen LogP contribution in [0, 0.1) is 0 Å². The van der Waals surface area contributed by atoms with Crippen LogP contribution in [0.15, 0.2) is 42.5 Å². The van der Waals surface area contributed by atoms with Crippen LogP contribution in [-0.4, -0.2) is 46.1 Å². The van der Waals surface area contributed by atoms with E-state index < -0.39 is 35.2 Å². The SMILES string of the molecule is COC(=O)[C@H](CSCc1ccccc1)NC(=O)c1cc(O)c(O)c(O)c1. The highest BCUT2D eigenvalue weighted by Crippen LogP contribution is 2.35. The number of phenolic OH excluding ortho intramolecular Hbond substituents is 3. The van der Waals surface area contributed by atoms with E-state index >= 15 is 0 Å². The second-order valence-corrected chi connectivity index (χ2v) is 6.44. The molecule has 0 unspecified atom stereocenters. The number of aromatic hydroxyl groups is 3. The summed E-state index contributed by atoms with van der Waals surface area (Å²) in [4.78, 5) is 24.2. The Balaban J connectivity index is 2.02. The summed E-state index contributed by atoms with van der Waals surface area (Å²) < 4.78 is 4.71. The number of hydrogen-bond donors (Lipinski definition) is 4. The first-order chi connectivity index (χ1) is 12.4. The van der Waals surface area contributed by atoms with Gasteiger partial charge in [0.25, 0.3) is 5.91 Å². The lowest BCUT2D eigenvalue weighted by molar-refractivity contribution is -0.142. The molecule has 2 rings (SSSR count). The first kappa shape index (κ1) is 19.5. The Morgan fingerprint density at radius 2 is 1.73 bits per heavy atom. The van der Waals surface area contributed by atoms with Crippen LogP contribution in [0.3, 0.4) is 0 Å². The van der Waals surface area contributed by atoms with Gasteiger partial charge in [-0.2, -0.15) is 11.8 Å². The van der Waals surface area contributed by atoms with E-state index in [4.69, 9.17) is 4.74 Å². The van der Waals surface area contributed by atoms with Crippen molar-refractivity contribution in [1.82, 2.24) is 5.32 Å². The minimum Gasteiger partial charge on any atom is -0.504 e. The Morgan fingerprint density at radius 3 is 2.31 bits per heavy atom. The monoisotopic (exact) mass is 377 g/mol. The molecular formula is C18H19NO6S. The third kappa shape index (κ3) is 5.06. The van der Waals surface area contributed by atoms with Crippen LogP contribution in [-0.2, 0) is 15.3 Å². The topological polar surface area (TPSA) is 116 Å². The maximum atomic E-state index is 12.3. The number of carbonyl (C=O) groups excluding carboxylic acids is 2. The summed E-state index contributed by atoms with van der Waals surface area (Å²) in [5.74, 6) is -2.35. The van der Waals surface area contributed by atoms with Crippen LogP contribution in [0.1, 0.15) is 15.9 Å². The van der Waals surface area contributed by atoms with Gasteiger partial charge >= 0.3 is 5.97 Å². The van der Waals surface area contributed by atoms with Gasteiger partial charge in [0.1, 0.15) is 6.04 Å². The van der Waals surface area contributed by atoms with Gasteiger partial charge in [-0.25, -0.2) is 4.79 Å². The predicted molar refractivity (Wildman–Crippen MR) is 97.3 cm³/mol. The van der Waals surface area contributed by atoms with Crippen molar-refractivity contribution in [3.63, 3.8) is 0 Å². The number of methoxy groups -OCH3 is 1. The maximum Gasteiger partial charge on any atom is 0.329 e. The molecule has 4 N–H and O–H groups in total. The molecule has 0 radical (unpaired) electrons. The van der Waals surface area contributed by atoms with Gasteiger partial charge in [0.15, 0.2) is 17.2 Å². The van der Waals surface area contributed by atoms with Crippen molar-refractivity contribution in [3.8, 4) is 17.2 Å². The van der Waals surface area contributed by atoms with Gasteiger partial charge in [-0.05, 0) is 17.7 Å². The van der Waals surface area contributed by atoms with Crippen molar-refractivity contribution < 1.29 is 29.6 Å². The van der Waals surface area contributed by atoms with E-state index in [1.54, 1.807) is 0 Å². The molecular weight excluding hydrogens is 358 g/mol. The zero-order chi connectivity index (χ0) is 19.1. The van der Waals surface area contributed by atoms with E-state index in [2.05, 4.69) is 5.32 Å². The summed E-state index contributed by atoms with van der Waals surface area (Å²) >= 11 is 1.45. The van der Waals surface area contributed by atoms with Gasteiger partial charge in [-0.3, -0.25) is 4.79 Å². The maximum absolute atomic E-state index is 12.3. The highest BCUT2D eigenvalue weighted by molar-refractivity contribution is 7.98. The van der Waals surface area contributed by atoms with E-state index in [9.17, 15) is 24.9 Å². The van der Waals surface area contributed by atoms with Crippen molar-refractivity contribution in [2.75, 3.05) is 12.9 Å². The third-order valence-corrected chi connectivity index (χ3v) is 4.63. The van der Waals surface area contributed by atoms with Crippen molar-refractivity contribution in [3.05, 3.63) is 53.6 Å². The number of hydrogen-bond acceptors (Lipinski definition) is 7. The average Bonchev–Trinajstić information content (AvgIpc) is 2.64. The average molecular weight is 377 g/mol. The molecule has 0 aliphatic carbocycles. The van der Waals surface area contributed by atoms with Crippen LogP contribution < -0.4 is 5.32 Å². The third-order valence-electron chi connectivity index (χ3n) is 3.52. The molecule has 0 bridgehead atoms. The number of ether oxygens (including phenoxy) is 1. The summed E-state index contributed by atoms with van der Waals surface area (Å²) in [5.41, 5.74) is 0.987. The van der Waals surface area contributed by atoms with Gasteiger partial charge in [0, 0.05) is 17.1 Å². The first-order valence-electron chi connectivity index (χ1n) is 7.67.